The van der Waals surface area contributed by atoms with Gasteiger partial charge in [0, 0.05) is 18.5 Å². The first-order valence-electron chi connectivity index (χ1n) is 8.51. The van der Waals surface area contributed by atoms with Gasteiger partial charge in [0.2, 0.25) is 5.91 Å². The van der Waals surface area contributed by atoms with Gasteiger partial charge in [-0.25, -0.2) is 0 Å². The van der Waals surface area contributed by atoms with Crippen LogP contribution >= 0.6 is 0 Å². The van der Waals surface area contributed by atoms with Crippen molar-refractivity contribution in [3.8, 4) is 0 Å². The molecule has 2 aromatic carbocycles. The molecule has 3 heteroatoms. The van der Waals surface area contributed by atoms with Crippen molar-refractivity contribution in [2.75, 3.05) is 0 Å². The molecule has 3 rings (SSSR count). The van der Waals surface area contributed by atoms with Gasteiger partial charge in [0.05, 0.1) is 12.2 Å². The molecular weight excluding hydrogens is 308 g/mol. The number of rotatable bonds is 6. The van der Waals surface area contributed by atoms with Crippen molar-refractivity contribution in [2.24, 2.45) is 0 Å². The summed E-state index contributed by atoms with van der Waals surface area (Å²) in [5.41, 5.74) is 4.42. The average molecular weight is 330 g/mol. The van der Waals surface area contributed by atoms with E-state index in [1.165, 1.54) is 11.1 Å². The van der Waals surface area contributed by atoms with E-state index in [1.807, 2.05) is 48.5 Å². The summed E-state index contributed by atoms with van der Waals surface area (Å²) in [6.45, 7) is 2.55. The molecule has 0 radical (unpaired) electrons. The highest BCUT2D eigenvalue weighted by atomic mass is 16.1. The zero-order valence-corrected chi connectivity index (χ0v) is 14.4. The molecule has 0 aliphatic carbocycles. The number of benzene rings is 2. The van der Waals surface area contributed by atoms with Gasteiger partial charge < -0.3 is 5.32 Å². The van der Waals surface area contributed by atoms with Crippen LogP contribution in [0, 0.1) is 6.92 Å². The Hall–Kier alpha value is -2.94. The third kappa shape index (κ3) is 4.54. The van der Waals surface area contributed by atoms with Crippen molar-refractivity contribution in [3.05, 3.63) is 101 Å². The Morgan fingerprint density at radius 1 is 0.960 bits per heavy atom. The number of hydrogen-bond donors (Lipinski definition) is 1. The van der Waals surface area contributed by atoms with Gasteiger partial charge in [-0.1, -0.05) is 60.7 Å². The summed E-state index contributed by atoms with van der Waals surface area (Å²) >= 11 is 0. The summed E-state index contributed by atoms with van der Waals surface area (Å²) in [6, 6.07) is 24.2. The molecule has 0 aliphatic rings. The maximum atomic E-state index is 12.5. The van der Waals surface area contributed by atoms with Crippen LogP contribution in [0.1, 0.15) is 34.7 Å². The minimum atomic E-state index is 0.0303. The molecule has 1 amide bonds. The Bertz CT molecular complexity index is 816. The average Bonchev–Trinajstić information content (AvgIpc) is 2.67. The van der Waals surface area contributed by atoms with Gasteiger partial charge in [0.25, 0.3) is 0 Å². The van der Waals surface area contributed by atoms with Gasteiger partial charge in [-0.3, -0.25) is 9.78 Å². The molecular formula is C22H22N2O. The molecule has 1 aromatic heterocycles. The van der Waals surface area contributed by atoms with Crippen LogP contribution in [-0.4, -0.2) is 10.9 Å². The van der Waals surface area contributed by atoms with Crippen molar-refractivity contribution >= 4 is 5.91 Å². The van der Waals surface area contributed by atoms with E-state index in [9.17, 15) is 4.79 Å². The molecule has 0 fully saturated rings. The van der Waals surface area contributed by atoms with Crippen LogP contribution in [0.3, 0.4) is 0 Å². The fraction of sp³-hybridized carbons (Fsp3) is 0.182. The van der Waals surface area contributed by atoms with Crippen LogP contribution in [0.25, 0.3) is 0 Å². The summed E-state index contributed by atoms with van der Waals surface area (Å²) in [6.07, 6.45) is 2.16. The topological polar surface area (TPSA) is 42.0 Å². The van der Waals surface area contributed by atoms with Crippen LogP contribution in [-0.2, 0) is 11.3 Å². The van der Waals surface area contributed by atoms with E-state index in [0.29, 0.717) is 13.0 Å². The second-order valence-corrected chi connectivity index (χ2v) is 6.12. The van der Waals surface area contributed by atoms with Crippen molar-refractivity contribution < 1.29 is 4.79 Å². The van der Waals surface area contributed by atoms with Crippen molar-refractivity contribution in [2.45, 2.75) is 25.8 Å². The number of hydrogen-bond acceptors (Lipinski definition) is 2. The Balaban J connectivity index is 1.76. The number of carbonyl (C=O) groups is 1. The van der Waals surface area contributed by atoms with E-state index in [0.717, 1.165) is 11.3 Å². The van der Waals surface area contributed by atoms with Crippen molar-refractivity contribution in [3.63, 3.8) is 0 Å². The molecule has 0 bridgehead atoms. The monoisotopic (exact) mass is 330 g/mol. The molecule has 126 valence electrons. The maximum absolute atomic E-state index is 12.5. The molecule has 1 atom stereocenters. The predicted molar refractivity (Wildman–Crippen MR) is 100 cm³/mol. The lowest BCUT2D eigenvalue weighted by Crippen LogP contribution is -2.25. The minimum Gasteiger partial charge on any atom is -0.350 e. The van der Waals surface area contributed by atoms with Crippen LogP contribution in [0.5, 0.6) is 0 Å². The second kappa shape index (κ2) is 8.25. The summed E-state index contributed by atoms with van der Waals surface area (Å²) in [4.78, 5) is 16.8. The van der Waals surface area contributed by atoms with Crippen molar-refractivity contribution in [1.29, 1.82) is 0 Å². The summed E-state index contributed by atoms with van der Waals surface area (Å²) < 4.78 is 0. The molecule has 0 spiro atoms. The first-order valence-corrected chi connectivity index (χ1v) is 8.51. The van der Waals surface area contributed by atoms with Crippen LogP contribution in [0.15, 0.2) is 79.0 Å². The zero-order valence-electron chi connectivity index (χ0n) is 14.4. The molecule has 0 saturated heterocycles. The Kier molecular flexibility index (Phi) is 5.57. The highest BCUT2D eigenvalue weighted by Gasteiger charge is 2.19. The molecule has 0 aliphatic heterocycles. The third-order valence-corrected chi connectivity index (χ3v) is 4.35. The molecule has 1 heterocycles. The molecule has 3 aromatic rings. The quantitative estimate of drug-likeness (QED) is 0.735. The Morgan fingerprint density at radius 2 is 1.68 bits per heavy atom. The zero-order chi connectivity index (χ0) is 17.5. The standard InChI is InChI=1S/C22H22N2O/c1-17-9-5-6-13-20(17)21(18-10-3-2-4-11-18)15-22(25)24-16-19-12-7-8-14-23-19/h2-14,21H,15-16H2,1H3,(H,24,25)/t21-/m0/s1. The number of amides is 1. The van der Waals surface area contributed by atoms with E-state index in [2.05, 4.69) is 41.5 Å². The summed E-state index contributed by atoms with van der Waals surface area (Å²) in [5, 5.41) is 2.99. The summed E-state index contributed by atoms with van der Waals surface area (Å²) in [5.74, 6) is 0.0777. The van der Waals surface area contributed by atoms with Gasteiger partial charge in [-0.2, -0.15) is 0 Å². The molecule has 3 nitrogen and oxygen atoms in total. The Labute approximate surface area is 148 Å². The van der Waals surface area contributed by atoms with Gasteiger partial charge in [-0.05, 0) is 35.7 Å². The van der Waals surface area contributed by atoms with Gasteiger partial charge >= 0.3 is 0 Å². The Morgan fingerprint density at radius 3 is 2.40 bits per heavy atom. The number of nitrogens with one attached hydrogen (secondary N) is 1. The lowest BCUT2D eigenvalue weighted by Gasteiger charge is -2.20. The fourth-order valence-electron chi connectivity index (χ4n) is 3.02. The first-order chi connectivity index (χ1) is 12.2. The highest BCUT2D eigenvalue weighted by molar-refractivity contribution is 5.77. The van der Waals surface area contributed by atoms with Gasteiger partial charge in [-0.15, -0.1) is 0 Å². The smallest absolute Gasteiger partial charge is 0.221 e. The van der Waals surface area contributed by atoms with E-state index < -0.39 is 0 Å². The van der Waals surface area contributed by atoms with E-state index in [4.69, 9.17) is 0 Å². The maximum Gasteiger partial charge on any atom is 0.221 e. The van der Waals surface area contributed by atoms with E-state index in [-0.39, 0.29) is 11.8 Å². The number of carbonyl (C=O) groups excluding carboxylic acids is 1. The SMILES string of the molecule is Cc1ccccc1[C@@H](CC(=O)NCc1ccccn1)c1ccccc1. The lowest BCUT2D eigenvalue weighted by molar-refractivity contribution is -0.121. The third-order valence-electron chi connectivity index (χ3n) is 4.35. The molecule has 0 saturated carbocycles. The largest absolute Gasteiger partial charge is 0.350 e. The number of nitrogens with zero attached hydrogens (tertiary/aromatic N) is 1. The number of aromatic nitrogens is 1. The molecule has 25 heavy (non-hydrogen) atoms. The predicted octanol–water partition coefficient (Wildman–Crippen LogP) is 4.23. The first kappa shape index (κ1) is 16.9. The van der Waals surface area contributed by atoms with Crippen LogP contribution < -0.4 is 5.32 Å². The molecule has 0 unspecified atom stereocenters. The normalized spacial score (nSPS) is 11.7. The second-order valence-electron chi connectivity index (χ2n) is 6.12. The minimum absolute atomic E-state index is 0.0303. The number of pyridine rings is 1. The van der Waals surface area contributed by atoms with Gasteiger partial charge in [0.1, 0.15) is 0 Å². The van der Waals surface area contributed by atoms with Crippen molar-refractivity contribution in [1.82, 2.24) is 10.3 Å². The van der Waals surface area contributed by atoms with E-state index >= 15 is 0 Å². The molecule has 1 N–H and O–H groups in total. The number of aryl methyl sites for hydroxylation is 1. The summed E-state index contributed by atoms with van der Waals surface area (Å²) in [7, 11) is 0. The lowest BCUT2D eigenvalue weighted by atomic mass is 9.86. The fourth-order valence-corrected chi connectivity index (χ4v) is 3.02. The van der Waals surface area contributed by atoms with Crippen LogP contribution in [0.2, 0.25) is 0 Å². The van der Waals surface area contributed by atoms with Gasteiger partial charge in [0.15, 0.2) is 0 Å². The van der Waals surface area contributed by atoms with Crippen LogP contribution in [0.4, 0.5) is 0 Å². The highest BCUT2D eigenvalue weighted by Crippen LogP contribution is 2.30. The van der Waals surface area contributed by atoms with E-state index in [1.54, 1.807) is 6.20 Å².